The SMILES string of the molecule is CCCCC(C(C)=O)C(C)=O.CCCCC(C(C)=O)C(C)=O.CCCCC(C(C)=O)C(C)=O.[Fe+3]. The van der Waals surface area contributed by atoms with Gasteiger partial charge in [0, 0.05) is 0 Å². The predicted octanol–water partition coefficient (Wildman–Crippen LogP) is 5.91. The third kappa shape index (κ3) is 22.3. The van der Waals surface area contributed by atoms with Gasteiger partial charge >= 0.3 is 17.1 Å². The maximum absolute atomic E-state index is 10.9. The first-order valence-corrected chi connectivity index (χ1v) is 12.3. The molecule has 0 rings (SSSR count). The Balaban J connectivity index is -0.000000196. The molecule has 1 radical (unpaired) electrons. The van der Waals surface area contributed by atoms with E-state index in [9.17, 15) is 28.8 Å². The van der Waals surface area contributed by atoms with Crippen molar-refractivity contribution >= 4 is 34.7 Å². The molecule has 0 aliphatic heterocycles. The molecule has 197 valence electrons. The Morgan fingerprint density at radius 1 is 0.412 bits per heavy atom. The summed E-state index contributed by atoms with van der Waals surface area (Å²) >= 11 is 0. The molecule has 6 nitrogen and oxygen atoms in total. The normalized spacial score (nSPS) is 9.88. The van der Waals surface area contributed by atoms with E-state index in [0.29, 0.717) is 0 Å². The van der Waals surface area contributed by atoms with E-state index in [4.69, 9.17) is 0 Å². The zero-order valence-corrected chi connectivity index (χ0v) is 24.0. The molecule has 0 aromatic heterocycles. The Morgan fingerprint density at radius 2 is 0.559 bits per heavy atom. The van der Waals surface area contributed by atoms with Crippen molar-refractivity contribution in [1.82, 2.24) is 0 Å². The van der Waals surface area contributed by atoms with E-state index in [1.807, 2.05) is 0 Å². The van der Waals surface area contributed by atoms with E-state index in [1.54, 1.807) is 0 Å². The van der Waals surface area contributed by atoms with E-state index < -0.39 is 0 Å². The van der Waals surface area contributed by atoms with Gasteiger partial charge in [0.2, 0.25) is 0 Å². The van der Waals surface area contributed by atoms with Crippen LogP contribution in [0.4, 0.5) is 0 Å². The predicted molar refractivity (Wildman–Crippen MR) is 133 cm³/mol. The minimum atomic E-state index is -0.338. The van der Waals surface area contributed by atoms with Crippen molar-refractivity contribution < 1.29 is 45.8 Å². The molecule has 34 heavy (non-hydrogen) atoms. The second-order valence-electron chi connectivity index (χ2n) is 8.75. The Bertz CT molecular complexity index is 499. The zero-order valence-electron chi connectivity index (χ0n) is 22.9. The fourth-order valence-electron chi connectivity index (χ4n) is 3.30. The zero-order chi connectivity index (χ0) is 26.6. The van der Waals surface area contributed by atoms with Gasteiger partial charge in [0.15, 0.2) is 0 Å². The van der Waals surface area contributed by atoms with Gasteiger partial charge in [-0.05, 0) is 60.8 Å². The van der Waals surface area contributed by atoms with Crippen LogP contribution in [-0.2, 0) is 45.8 Å². The van der Waals surface area contributed by atoms with Gasteiger partial charge in [-0.2, -0.15) is 0 Å². The first-order chi connectivity index (χ1) is 15.3. The second kappa shape index (κ2) is 24.7. The molecule has 0 N–H and O–H groups in total. The summed E-state index contributed by atoms with van der Waals surface area (Å²) < 4.78 is 0. The number of hydrogen-bond acceptors (Lipinski definition) is 6. The minimum absolute atomic E-state index is 0. The van der Waals surface area contributed by atoms with Crippen molar-refractivity contribution in [3.05, 3.63) is 0 Å². The molecule has 0 fully saturated rings. The van der Waals surface area contributed by atoms with E-state index >= 15 is 0 Å². The smallest absolute Gasteiger partial charge is 0.299 e. The Hall–Kier alpha value is -1.46. The fraction of sp³-hybridized carbons (Fsp3) is 0.778. The fourth-order valence-corrected chi connectivity index (χ4v) is 3.30. The maximum atomic E-state index is 10.9. The summed E-state index contributed by atoms with van der Waals surface area (Å²) in [6, 6.07) is 0. The van der Waals surface area contributed by atoms with Crippen LogP contribution in [0.2, 0.25) is 0 Å². The maximum Gasteiger partial charge on any atom is 3.00 e. The number of unbranched alkanes of at least 4 members (excludes halogenated alkanes) is 3. The Kier molecular flexibility index (Phi) is 28.8. The summed E-state index contributed by atoms with van der Waals surface area (Å²) in [7, 11) is 0. The number of carbonyl (C=O) groups excluding carboxylic acids is 6. The molecule has 7 heteroatoms. The van der Waals surface area contributed by atoms with Gasteiger partial charge in [-0.3, -0.25) is 28.8 Å². The summed E-state index contributed by atoms with van der Waals surface area (Å²) in [5.41, 5.74) is 0. The minimum Gasteiger partial charge on any atom is -0.299 e. The van der Waals surface area contributed by atoms with Gasteiger partial charge in [0.25, 0.3) is 0 Å². The first kappa shape index (κ1) is 39.7. The molecule has 0 atom stereocenters. The van der Waals surface area contributed by atoms with E-state index in [1.165, 1.54) is 41.5 Å². The molecule has 0 aliphatic carbocycles. The summed E-state index contributed by atoms with van der Waals surface area (Å²) in [5, 5.41) is 0. The Morgan fingerprint density at radius 3 is 0.647 bits per heavy atom. The number of ketones is 6. The van der Waals surface area contributed by atoms with Gasteiger partial charge in [-0.25, -0.2) is 0 Å². The molecule has 0 aliphatic rings. The number of hydrogen-bond donors (Lipinski definition) is 0. The Labute approximate surface area is 218 Å². The van der Waals surface area contributed by atoms with Gasteiger partial charge < -0.3 is 0 Å². The summed E-state index contributed by atoms with van der Waals surface area (Å²) in [6.07, 6.45) is 8.17. The van der Waals surface area contributed by atoms with Crippen LogP contribution < -0.4 is 0 Å². The van der Waals surface area contributed by atoms with Crippen molar-refractivity contribution in [3.8, 4) is 0 Å². The van der Waals surface area contributed by atoms with Crippen molar-refractivity contribution in [2.75, 3.05) is 0 Å². The number of rotatable bonds is 15. The van der Waals surface area contributed by atoms with Crippen LogP contribution in [0.1, 0.15) is 120 Å². The van der Waals surface area contributed by atoms with Gasteiger partial charge in [-0.15, -0.1) is 0 Å². The van der Waals surface area contributed by atoms with E-state index in [2.05, 4.69) is 20.8 Å². The largest absolute Gasteiger partial charge is 3.00 e. The van der Waals surface area contributed by atoms with Crippen molar-refractivity contribution in [2.45, 2.75) is 120 Å². The third-order valence-corrected chi connectivity index (χ3v) is 5.48. The number of carbonyl (C=O) groups is 6. The average Bonchev–Trinajstić information content (AvgIpc) is 2.68. The van der Waals surface area contributed by atoms with Crippen LogP contribution in [0.25, 0.3) is 0 Å². The molecule has 0 amide bonds. The van der Waals surface area contributed by atoms with Crippen LogP contribution in [-0.4, -0.2) is 34.7 Å². The summed E-state index contributed by atoms with van der Waals surface area (Å²) in [6.45, 7) is 15.1. The first-order valence-electron chi connectivity index (χ1n) is 12.3. The average molecular weight is 525 g/mol. The van der Waals surface area contributed by atoms with Gasteiger partial charge in [0.1, 0.15) is 34.7 Å². The quantitative estimate of drug-likeness (QED) is 0.195. The van der Waals surface area contributed by atoms with Crippen LogP contribution in [0, 0.1) is 17.8 Å². The van der Waals surface area contributed by atoms with E-state index in [0.717, 1.165) is 57.8 Å². The van der Waals surface area contributed by atoms with Crippen LogP contribution in [0.5, 0.6) is 0 Å². The molecule has 0 spiro atoms. The van der Waals surface area contributed by atoms with Crippen molar-refractivity contribution in [2.24, 2.45) is 17.8 Å². The molecule has 0 aromatic rings. The molecule has 0 aromatic carbocycles. The van der Waals surface area contributed by atoms with Crippen molar-refractivity contribution in [3.63, 3.8) is 0 Å². The molecule has 0 bridgehead atoms. The summed E-state index contributed by atoms with van der Waals surface area (Å²) in [4.78, 5) is 65.2. The topological polar surface area (TPSA) is 102 Å². The molecule has 0 unspecified atom stereocenters. The molecule has 0 heterocycles. The molecule has 0 saturated heterocycles. The van der Waals surface area contributed by atoms with Crippen LogP contribution >= 0.6 is 0 Å². The van der Waals surface area contributed by atoms with Gasteiger partial charge in [0.05, 0.1) is 17.8 Å². The molecule has 0 saturated carbocycles. The van der Waals surface area contributed by atoms with E-state index in [-0.39, 0.29) is 69.5 Å². The monoisotopic (exact) mass is 524 g/mol. The third-order valence-electron chi connectivity index (χ3n) is 5.48. The van der Waals surface area contributed by atoms with Gasteiger partial charge in [-0.1, -0.05) is 59.3 Å². The molecular weight excluding hydrogens is 476 g/mol. The summed E-state index contributed by atoms with van der Waals surface area (Å²) in [5.74, 6) is -0.981. The van der Waals surface area contributed by atoms with Crippen LogP contribution in [0.15, 0.2) is 0 Å². The number of Topliss-reactive ketones (excluding diaryl/α,β-unsaturated/α-hetero) is 6. The second-order valence-corrected chi connectivity index (χ2v) is 8.75. The standard InChI is InChI=1S/3C9H16O2.Fe/c3*1-4-5-6-9(7(2)10)8(3)11;/h3*9H,4-6H2,1-3H3;/q;;;+3. The molecular formula is C27H48FeO6+3. The van der Waals surface area contributed by atoms with Crippen molar-refractivity contribution in [1.29, 1.82) is 0 Å². The van der Waals surface area contributed by atoms with Crippen LogP contribution in [0.3, 0.4) is 0 Å².